The van der Waals surface area contributed by atoms with Crippen LogP contribution >= 0.6 is 0 Å². The molecule has 2 aromatic rings. The summed E-state index contributed by atoms with van der Waals surface area (Å²) in [6.45, 7) is 10.1. The van der Waals surface area contributed by atoms with Crippen molar-refractivity contribution < 1.29 is 9.53 Å². The lowest BCUT2D eigenvalue weighted by atomic mass is 10.1. The van der Waals surface area contributed by atoms with Crippen LogP contribution in [0, 0.1) is 6.92 Å². The molecule has 3 heteroatoms. The highest BCUT2D eigenvalue weighted by Crippen LogP contribution is 2.25. The minimum atomic E-state index is -0.155. The fraction of sp³-hybridized carbons (Fsp3) is 0.500. The minimum Gasteiger partial charge on any atom is -0.469 e. The summed E-state index contributed by atoms with van der Waals surface area (Å²) in [5.74, 6) is -0.155. The maximum absolute atomic E-state index is 11.2. The topological polar surface area (TPSA) is 31.2 Å². The van der Waals surface area contributed by atoms with Crippen molar-refractivity contribution in [1.29, 1.82) is 0 Å². The summed E-state index contributed by atoms with van der Waals surface area (Å²) in [5.41, 5.74) is 3.67. The molecule has 0 aliphatic rings. The Balaban J connectivity index is 0.000000921. The van der Waals surface area contributed by atoms with Crippen molar-refractivity contribution in [2.24, 2.45) is 7.05 Å². The zero-order valence-corrected chi connectivity index (χ0v) is 14.5. The van der Waals surface area contributed by atoms with Crippen LogP contribution in [0.15, 0.2) is 24.3 Å². The van der Waals surface area contributed by atoms with Crippen LogP contribution in [0.2, 0.25) is 0 Å². The van der Waals surface area contributed by atoms with Crippen LogP contribution in [0.5, 0.6) is 0 Å². The molecule has 1 aromatic heterocycles. The van der Waals surface area contributed by atoms with Crippen molar-refractivity contribution in [3.8, 4) is 0 Å². The molecule has 2 rings (SSSR count). The summed E-state index contributed by atoms with van der Waals surface area (Å²) < 4.78 is 6.85. The van der Waals surface area contributed by atoms with Gasteiger partial charge in [-0.05, 0) is 25.0 Å². The molecule has 0 radical (unpaired) electrons. The number of benzene rings is 1. The van der Waals surface area contributed by atoms with Gasteiger partial charge in [0.25, 0.3) is 0 Å². The van der Waals surface area contributed by atoms with E-state index >= 15 is 0 Å². The first-order valence-corrected chi connectivity index (χ1v) is 7.75. The number of aryl methyl sites for hydroxylation is 2. The second-order valence-electron chi connectivity index (χ2n) is 4.22. The summed E-state index contributed by atoms with van der Waals surface area (Å²) >= 11 is 0. The van der Waals surface area contributed by atoms with Crippen LogP contribution in [-0.2, 0) is 23.0 Å². The van der Waals surface area contributed by atoms with Crippen molar-refractivity contribution >= 4 is 16.9 Å². The molecule has 0 bridgehead atoms. The van der Waals surface area contributed by atoms with E-state index in [2.05, 4.69) is 35.4 Å². The van der Waals surface area contributed by atoms with Crippen molar-refractivity contribution in [3.05, 3.63) is 35.5 Å². The molecule has 0 amide bonds. The van der Waals surface area contributed by atoms with Crippen LogP contribution < -0.4 is 0 Å². The fourth-order valence-corrected chi connectivity index (χ4v) is 2.24. The van der Waals surface area contributed by atoms with E-state index < -0.39 is 0 Å². The van der Waals surface area contributed by atoms with Crippen LogP contribution in [0.1, 0.15) is 45.4 Å². The number of hydrogen-bond donors (Lipinski definition) is 0. The molecule has 0 unspecified atom stereocenters. The Morgan fingerprint density at radius 2 is 1.71 bits per heavy atom. The average Bonchev–Trinajstić information content (AvgIpc) is 2.81. The third kappa shape index (κ3) is 4.62. The number of rotatable bonds is 3. The number of esters is 1. The van der Waals surface area contributed by atoms with Gasteiger partial charge in [-0.15, -0.1) is 0 Å². The molecule has 0 spiro atoms. The first-order chi connectivity index (χ1) is 10.1. The first-order valence-electron chi connectivity index (χ1n) is 7.75. The first kappa shape index (κ1) is 19.2. The highest BCUT2D eigenvalue weighted by molar-refractivity contribution is 5.86. The van der Waals surface area contributed by atoms with Crippen molar-refractivity contribution in [2.45, 2.75) is 47.5 Å². The van der Waals surface area contributed by atoms with E-state index in [1.165, 1.54) is 29.3 Å². The standard InChI is InChI=1S/C14H17NO2.2C2H6/c1-10-11(8-9-14(16)17-3)12-6-4-5-7-13(12)15(10)2;2*1-2/h4-7H,8-9H2,1-3H3;2*1-2H3. The molecule has 0 atom stereocenters. The lowest BCUT2D eigenvalue weighted by Crippen LogP contribution is -2.02. The average molecular weight is 291 g/mol. The normalized spacial score (nSPS) is 9.29. The molecule has 0 saturated heterocycles. The van der Waals surface area contributed by atoms with E-state index in [1.807, 2.05) is 39.8 Å². The molecule has 1 heterocycles. The molecule has 0 aliphatic heterocycles. The number of para-hydroxylation sites is 1. The van der Waals surface area contributed by atoms with Gasteiger partial charge in [0, 0.05) is 30.1 Å². The summed E-state index contributed by atoms with van der Waals surface area (Å²) in [6.07, 6.45) is 1.17. The molecule has 0 aliphatic carbocycles. The maximum atomic E-state index is 11.2. The fourth-order valence-electron chi connectivity index (χ4n) is 2.24. The second kappa shape index (κ2) is 10.0. The minimum absolute atomic E-state index is 0.155. The highest BCUT2D eigenvalue weighted by Gasteiger charge is 2.12. The number of methoxy groups -OCH3 is 1. The van der Waals surface area contributed by atoms with E-state index in [1.54, 1.807) is 0 Å². The lowest BCUT2D eigenvalue weighted by molar-refractivity contribution is -0.140. The van der Waals surface area contributed by atoms with E-state index in [4.69, 9.17) is 0 Å². The predicted molar refractivity (Wildman–Crippen MR) is 90.7 cm³/mol. The van der Waals surface area contributed by atoms with E-state index in [9.17, 15) is 4.79 Å². The molecule has 1 aromatic carbocycles. The van der Waals surface area contributed by atoms with E-state index in [0.29, 0.717) is 6.42 Å². The van der Waals surface area contributed by atoms with Gasteiger partial charge in [-0.25, -0.2) is 0 Å². The number of carbonyl (C=O) groups excluding carboxylic acids is 1. The van der Waals surface area contributed by atoms with Gasteiger partial charge >= 0.3 is 5.97 Å². The summed E-state index contributed by atoms with van der Waals surface area (Å²) in [7, 11) is 3.48. The van der Waals surface area contributed by atoms with Crippen molar-refractivity contribution in [3.63, 3.8) is 0 Å². The Labute approximate surface area is 128 Å². The number of hydrogen-bond acceptors (Lipinski definition) is 2. The monoisotopic (exact) mass is 291 g/mol. The molecule has 0 N–H and O–H groups in total. The Kier molecular flexibility index (Phi) is 9.18. The van der Waals surface area contributed by atoms with Crippen LogP contribution in [0.3, 0.4) is 0 Å². The van der Waals surface area contributed by atoms with Crippen LogP contribution in [0.25, 0.3) is 10.9 Å². The summed E-state index contributed by atoms with van der Waals surface area (Å²) in [4.78, 5) is 11.2. The predicted octanol–water partition coefficient (Wildman–Crippen LogP) is 4.64. The summed E-state index contributed by atoms with van der Waals surface area (Å²) in [5, 5.41) is 1.23. The van der Waals surface area contributed by atoms with Gasteiger partial charge in [0.15, 0.2) is 0 Å². The molecule has 118 valence electrons. The number of nitrogens with zero attached hydrogens (tertiary/aromatic N) is 1. The molecule has 0 fully saturated rings. The lowest BCUT2D eigenvalue weighted by Gasteiger charge is -2.01. The second-order valence-corrected chi connectivity index (χ2v) is 4.22. The smallest absolute Gasteiger partial charge is 0.305 e. The summed E-state index contributed by atoms with van der Waals surface area (Å²) in [6, 6.07) is 8.27. The number of fused-ring (bicyclic) bond motifs is 1. The largest absolute Gasteiger partial charge is 0.469 e. The zero-order valence-electron chi connectivity index (χ0n) is 14.5. The van der Waals surface area contributed by atoms with Gasteiger partial charge < -0.3 is 9.30 Å². The van der Waals surface area contributed by atoms with Gasteiger partial charge in [-0.3, -0.25) is 4.79 Å². The highest BCUT2D eigenvalue weighted by atomic mass is 16.5. The number of aromatic nitrogens is 1. The Hall–Kier alpha value is -1.77. The molecule has 21 heavy (non-hydrogen) atoms. The zero-order chi connectivity index (χ0) is 16.4. The molecular formula is C18H29NO2. The number of carbonyl (C=O) groups is 1. The Morgan fingerprint density at radius 3 is 2.29 bits per heavy atom. The van der Waals surface area contributed by atoms with Gasteiger partial charge in [0.2, 0.25) is 0 Å². The quantitative estimate of drug-likeness (QED) is 0.771. The molecule has 3 nitrogen and oxygen atoms in total. The van der Waals surface area contributed by atoms with Gasteiger partial charge in [-0.1, -0.05) is 45.9 Å². The maximum Gasteiger partial charge on any atom is 0.305 e. The third-order valence-electron chi connectivity index (χ3n) is 3.34. The van der Waals surface area contributed by atoms with Crippen LogP contribution in [-0.4, -0.2) is 17.6 Å². The van der Waals surface area contributed by atoms with Gasteiger partial charge in [0.1, 0.15) is 0 Å². The molecule has 0 saturated carbocycles. The van der Waals surface area contributed by atoms with Gasteiger partial charge in [-0.2, -0.15) is 0 Å². The third-order valence-corrected chi connectivity index (χ3v) is 3.34. The van der Waals surface area contributed by atoms with Gasteiger partial charge in [0.05, 0.1) is 7.11 Å². The van der Waals surface area contributed by atoms with E-state index in [0.717, 1.165) is 6.42 Å². The van der Waals surface area contributed by atoms with E-state index in [-0.39, 0.29) is 5.97 Å². The van der Waals surface area contributed by atoms with Crippen molar-refractivity contribution in [2.75, 3.05) is 7.11 Å². The van der Waals surface area contributed by atoms with Crippen molar-refractivity contribution in [1.82, 2.24) is 4.57 Å². The Bertz CT molecular complexity index is 556. The number of ether oxygens (including phenoxy) is 1. The molecular weight excluding hydrogens is 262 g/mol. The Morgan fingerprint density at radius 1 is 1.14 bits per heavy atom. The van der Waals surface area contributed by atoms with Crippen LogP contribution in [0.4, 0.5) is 0 Å². The SMILES string of the molecule is CC.CC.COC(=O)CCc1c(C)n(C)c2ccccc12.